The molecule has 0 unspecified atom stereocenters. The number of H-pyrrole nitrogens is 1. The summed E-state index contributed by atoms with van der Waals surface area (Å²) < 4.78 is 5.21. The average molecular weight is 394 g/mol. The number of hydrogen-bond donors (Lipinski definition) is 3. The van der Waals surface area contributed by atoms with Crippen LogP contribution >= 0.6 is 11.6 Å². The first-order valence-corrected chi connectivity index (χ1v) is 8.97. The second kappa shape index (κ2) is 7.62. The van der Waals surface area contributed by atoms with Crippen LogP contribution in [0.15, 0.2) is 71.3 Å². The van der Waals surface area contributed by atoms with Gasteiger partial charge < -0.3 is 20.0 Å². The summed E-state index contributed by atoms with van der Waals surface area (Å²) in [4.78, 5) is 28.2. The molecule has 4 aromatic rings. The summed E-state index contributed by atoms with van der Waals surface area (Å²) in [6, 6.07) is 17.4. The fraction of sp³-hybridized carbons (Fsp3) is 0.0476. The number of carbonyl (C=O) groups is 2. The largest absolute Gasteiger partial charge is 0.467 e. The van der Waals surface area contributed by atoms with Crippen molar-refractivity contribution in [1.29, 1.82) is 0 Å². The highest BCUT2D eigenvalue weighted by molar-refractivity contribution is 6.31. The molecule has 0 atom stereocenters. The lowest BCUT2D eigenvalue weighted by Gasteiger charge is -2.10. The van der Waals surface area contributed by atoms with E-state index in [0.29, 0.717) is 27.7 Å². The molecule has 28 heavy (non-hydrogen) atoms. The number of nitrogens with one attached hydrogen (secondary N) is 3. The Labute approximate surface area is 165 Å². The number of anilines is 1. The van der Waals surface area contributed by atoms with Gasteiger partial charge in [0.05, 0.1) is 24.1 Å². The number of hydrogen-bond acceptors (Lipinski definition) is 3. The van der Waals surface area contributed by atoms with Crippen LogP contribution in [0, 0.1) is 0 Å². The summed E-state index contributed by atoms with van der Waals surface area (Å²) in [5, 5.41) is 7.02. The second-order valence-electron chi connectivity index (χ2n) is 6.18. The van der Waals surface area contributed by atoms with Crippen molar-refractivity contribution in [2.24, 2.45) is 0 Å². The van der Waals surface area contributed by atoms with E-state index in [1.807, 2.05) is 6.07 Å². The molecule has 2 aromatic carbocycles. The molecular formula is C21H16ClN3O3. The molecule has 0 saturated heterocycles. The van der Waals surface area contributed by atoms with Gasteiger partial charge in [-0.15, -0.1) is 0 Å². The van der Waals surface area contributed by atoms with Crippen LogP contribution in [0.2, 0.25) is 5.02 Å². The van der Waals surface area contributed by atoms with Gasteiger partial charge in [0.1, 0.15) is 11.5 Å². The third-order valence-corrected chi connectivity index (χ3v) is 4.49. The van der Waals surface area contributed by atoms with E-state index in [1.54, 1.807) is 60.9 Å². The fourth-order valence-corrected chi connectivity index (χ4v) is 3.05. The fourth-order valence-electron chi connectivity index (χ4n) is 2.88. The zero-order valence-electron chi connectivity index (χ0n) is 14.7. The molecule has 3 N–H and O–H groups in total. The SMILES string of the molecule is O=C(Nc1ccccc1C(=O)NCc1ccco1)c1cc2ccc(Cl)cc2[nH]1. The van der Waals surface area contributed by atoms with Gasteiger partial charge in [-0.1, -0.05) is 29.8 Å². The summed E-state index contributed by atoms with van der Waals surface area (Å²) in [5.41, 5.74) is 1.92. The van der Waals surface area contributed by atoms with Gasteiger partial charge in [0.2, 0.25) is 0 Å². The molecule has 0 bridgehead atoms. The number of aromatic nitrogens is 1. The Balaban J connectivity index is 1.52. The minimum atomic E-state index is -0.349. The van der Waals surface area contributed by atoms with Crippen molar-refractivity contribution >= 4 is 40.0 Å². The molecule has 0 aliphatic rings. The number of benzene rings is 2. The predicted molar refractivity (Wildman–Crippen MR) is 108 cm³/mol. The zero-order chi connectivity index (χ0) is 19.5. The summed E-state index contributed by atoms with van der Waals surface area (Å²) >= 11 is 5.99. The van der Waals surface area contributed by atoms with Crippen molar-refractivity contribution in [2.75, 3.05) is 5.32 Å². The number of fused-ring (bicyclic) bond motifs is 1. The van der Waals surface area contributed by atoms with Crippen LogP contribution in [0.4, 0.5) is 5.69 Å². The molecule has 0 aliphatic heterocycles. The molecule has 7 heteroatoms. The van der Waals surface area contributed by atoms with E-state index < -0.39 is 0 Å². The van der Waals surface area contributed by atoms with Crippen molar-refractivity contribution in [2.45, 2.75) is 6.54 Å². The second-order valence-corrected chi connectivity index (χ2v) is 6.61. The van der Waals surface area contributed by atoms with Crippen molar-refractivity contribution < 1.29 is 14.0 Å². The summed E-state index contributed by atoms with van der Waals surface area (Å²) in [6.07, 6.45) is 1.54. The van der Waals surface area contributed by atoms with E-state index in [0.717, 1.165) is 10.9 Å². The summed E-state index contributed by atoms with van der Waals surface area (Å²) in [7, 11) is 0. The summed E-state index contributed by atoms with van der Waals surface area (Å²) in [5.74, 6) is -0.0130. The van der Waals surface area contributed by atoms with Crippen molar-refractivity contribution in [1.82, 2.24) is 10.3 Å². The maximum atomic E-state index is 12.7. The third kappa shape index (κ3) is 3.77. The lowest BCUT2D eigenvalue weighted by molar-refractivity contribution is 0.0949. The Kier molecular flexibility index (Phi) is 4.87. The molecule has 0 fully saturated rings. The van der Waals surface area contributed by atoms with Gasteiger partial charge in [0, 0.05) is 15.9 Å². The highest BCUT2D eigenvalue weighted by Gasteiger charge is 2.15. The number of para-hydroxylation sites is 1. The van der Waals surface area contributed by atoms with Crippen molar-refractivity contribution in [3.8, 4) is 0 Å². The number of rotatable bonds is 5. The predicted octanol–water partition coefficient (Wildman–Crippen LogP) is 4.60. The van der Waals surface area contributed by atoms with Gasteiger partial charge >= 0.3 is 0 Å². The molecule has 2 heterocycles. The molecule has 0 aliphatic carbocycles. The maximum Gasteiger partial charge on any atom is 0.272 e. The van der Waals surface area contributed by atoms with Crippen LogP contribution in [-0.4, -0.2) is 16.8 Å². The van der Waals surface area contributed by atoms with E-state index >= 15 is 0 Å². The Morgan fingerprint density at radius 2 is 1.86 bits per heavy atom. The lowest BCUT2D eigenvalue weighted by atomic mass is 10.1. The van der Waals surface area contributed by atoms with Gasteiger partial charge in [0.25, 0.3) is 11.8 Å². The van der Waals surface area contributed by atoms with Crippen LogP contribution in [0.3, 0.4) is 0 Å². The molecule has 6 nitrogen and oxygen atoms in total. The van der Waals surface area contributed by atoms with E-state index in [-0.39, 0.29) is 18.4 Å². The lowest BCUT2D eigenvalue weighted by Crippen LogP contribution is -2.24. The van der Waals surface area contributed by atoms with Crippen LogP contribution in [0.25, 0.3) is 10.9 Å². The highest BCUT2D eigenvalue weighted by Crippen LogP contribution is 2.21. The minimum absolute atomic E-state index is 0.261. The van der Waals surface area contributed by atoms with Crippen molar-refractivity contribution in [3.05, 3.63) is 89.0 Å². The first-order chi connectivity index (χ1) is 13.6. The number of furan rings is 1. The molecule has 140 valence electrons. The first-order valence-electron chi connectivity index (χ1n) is 8.59. The van der Waals surface area contributed by atoms with Gasteiger partial charge in [-0.2, -0.15) is 0 Å². The normalized spacial score (nSPS) is 10.8. The Bertz CT molecular complexity index is 1150. The molecule has 4 rings (SSSR count). The third-order valence-electron chi connectivity index (χ3n) is 4.25. The van der Waals surface area contributed by atoms with Crippen LogP contribution < -0.4 is 10.6 Å². The van der Waals surface area contributed by atoms with E-state index in [9.17, 15) is 9.59 Å². The van der Waals surface area contributed by atoms with Gasteiger partial charge in [0.15, 0.2) is 0 Å². The van der Waals surface area contributed by atoms with Crippen LogP contribution in [0.5, 0.6) is 0 Å². The minimum Gasteiger partial charge on any atom is -0.467 e. The Morgan fingerprint density at radius 3 is 2.68 bits per heavy atom. The monoisotopic (exact) mass is 393 g/mol. The van der Waals surface area contributed by atoms with E-state index in [4.69, 9.17) is 16.0 Å². The van der Waals surface area contributed by atoms with Gasteiger partial charge in [-0.3, -0.25) is 9.59 Å². The average Bonchev–Trinajstić information content (AvgIpc) is 3.35. The van der Waals surface area contributed by atoms with E-state index in [1.165, 1.54) is 0 Å². The van der Waals surface area contributed by atoms with Crippen LogP contribution in [-0.2, 0) is 6.54 Å². The van der Waals surface area contributed by atoms with Gasteiger partial charge in [-0.25, -0.2) is 0 Å². The quantitative estimate of drug-likeness (QED) is 0.463. The summed E-state index contributed by atoms with van der Waals surface area (Å²) in [6.45, 7) is 0.261. The Hall–Kier alpha value is -3.51. The topological polar surface area (TPSA) is 87.1 Å². The van der Waals surface area contributed by atoms with E-state index in [2.05, 4.69) is 15.6 Å². The standard InChI is InChI=1S/C21H16ClN3O3/c22-14-8-7-13-10-19(24-18(13)11-14)21(27)25-17-6-2-1-5-16(17)20(26)23-12-15-4-3-9-28-15/h1-11,24H,12H2,(H,23,26)(H,25,27). The first kappa shape index (κ1) is 17.9. The number of aromatic amines is 1. The number of carbonyl (C=O) groups excluding carboxylic acids is 2. The maximum absolute atomic E-state index is 12.7. The molecular weight excluding hydrogens is 378 g/mol. The smallest absolute Gasteiger partial charge is 0.272 e. The highest BCUT2D eigenvalue weighted by atomic mass is 35.5. The van der Waals surface area contributed by atoms with Gasteiger partial charge in [-0.05, 0) is 42.5 Å². The Morgan fingerprint density at radius 1 is 1.00 bits per heavy atom. The van der Waals surface area contributed by atoms with Crippen molar-refractivity contribution in [3.63, 3.8) is 0 Å². The zero-order valence-corrected chi connectivity index (χ0v) is 15.4. The molecule has 0 spiro atoms. The number of halogens is 1. The van der Waals surface area contributed by atoms with Crippen LogP contribution in [0.1, 0.15) is 26.6 Å². The molecule has 2 aromatic heterocycles. The molecule has 0 radical (unpaired) electrons. The number of amides is 2. The molecule has 2 amide bonds. The molecule has 0 saturated carbocycles.